The van der Waals surface area contributed by atoms with Crippen LogP contribution in [0.4, 0.5) is 18.9 Å². The molecule has 1 amide bonds. The number of nitrogens with one attached hydrogen (secondary N) is 1. The topological polar surface area (TPSA) is 60.5 Å². The molecule has 1 saturated heterocycles. The molecule has 1 N–H and O–H groups in total. The maximum Gasteiger partial charge on any atom is 0.416 e. The number of carbonyl (C=O) groups is 1. The minimum Gasteiger partial charge on any atom is -0.481 e. The first-order valence-electron chi connectivity index (χ1n) is 8.42. The first-order chi connectivity index (χ1) is 12.8. The summed E-state index contributed by atoms with van der Waals surface area (Å²) in [5.74, 6) is 0.0174. The van der Waals surface area contributed by atoms with Gasteiger partial charge in [0.15, 0.2) is 0 Å². The van der Waals surface area contributed by atoms with Crippen molar-refractivity contribution in [3.05, 3.63) is 53.7 Å². The van der Waals surface area contributed by atoms with Gasteiger partial charge in [-0.3, -0.25) is 4.79 Å². The third-order valence-electron chi connectivity index (χ3n) is 4.73. The number of benzene rings is 1. The van der Waals surface area contributed by atoms with Crippen molar-refractivity contribution < 1.29 is 27.4 Å². The van der Waals surface area contributed by atoms with Gasteiger partial charge in [-0.2, -0.15) is 13.2 Å². The van der Waals surface area contributed by atoms with Gasteiger partial charge in [0.25, 0.3) is 0 Å². The highest BCUT2D eigenvalue weighted by Gasteiger charge is 2.43. The molecule has 0 unspecified atom stereocenters. The number of alkyl halides is 3. The van der Waals surface area contributed by atoms with E-state index in [9.17, 15) is 18.0 Å². The number of rotatable bonds is 4. The van der Waals surface area contributed by atoms with E-state index in [2.05, 4.69) is 10.3 Å². The number of halogens is 3. The van der Waals surface area contributed by atoms with Crippen molar-refractivity contribution in [3.8, 4) is 5.88 Å². The molecule has 0 saturated carbocycles. The fourth-order valence-corrected chi connectivity index (χ4v) is 3.19. The number of ether oxygens (including phenoxy) is 2. The number of hydrogen-bond acceptors (Lipinski definition) is 4. The number of pyridine rings is 1. The molecule has 144 valence electrons. The Balaban J connectivity index is 1.93. The molecule has 0 atom stereocenters. The van der Waals surface area contributed by atoms with Gasteiger partial charge in [-0.15, -0.1) is 0 Å². The molecular weight excluding hydrogens is 361 g/mol. The lowest BCUT2D eigenvalue weighted by molar-refractivity contribution is -0.138. The van der Waals surface area contributed by atoms with Crippen LogP contribution in [0, 0.1) is 0 Å². The number of methoxy groups -OCH3 is 1. The molecule has 27 heavy (non-hydrogen) atoms. The van der Waals surface area contributed by atoms with E-state index in [1.165, 1.54) is 19.4 Å². The molecule has 1 aromatic carbocycles. The van der Waals surface area contributed by atoms with Crippen molar-refractivity contribution in [3.63, 3.8) is 0 Å². The average molecular weight is 380 g/mol. The molecular formula is C19H19F3N2O3. The summed E-state index contributed by atoms with van der Waals surface area (Å²) < 4.78 is 49.7. The maximum atomic E-state index is 13.1. The first-order valence-corrected chi connectivity index (χ1v) is 8.42. The second kappa shape index (κ2) is 7.56. The Labute approximate surface area is 154 Å². The molecule has 1 aliphatic heterocycles. The zero-order chi connectivity index (χ0) is 19.5. The van der Waals surface area contributed by atoms with Gasteiger partial charge in [0.05, 0.1) is 30.0 Å². The highest BCUT2D eigenvalue weighted by molar-refractivity contribution is 5.99. The molecule has 2 heterocycles. The normalized spacial score (nSPS) is 16.6. The smallest absolute Gasteiger partial charge is 0.416 e. The zero-order valence-electron chi connectivity index (χ0n) is 14.7. The summed E-state index contributed by atoms with van der Waals surface area (Å²) >= 11 is 0. The standard InChI is InChI=1S/C19H19F3N2O3/c1-26-16-6-5-15(12-23-16)24-17(25)18(7-9-27-10-8-18)13-3-2-4-14(11-13)19(20,21)22/h2-6,11-12H,7-10H2,1H3,(H,24,25). The summed E-state index contributed by atoms with van der Waals surface area (Å²) in [7, 11) is 1.48. The second-order valence-corrected chi connectivity index (χ2v) is 6.32. The SMILES string of the molecule is COc1ccc(NC(=O)C2(c3cccc(C(F)(F)F)c3)CCOCC2)cn1. The molecule has 1 aliphatic rings. The zero-order valence-corrected chi connectivity index (χ0v) is 14.7. The molecule has 0 bridgehead atoms. The van der Waals surface area contributed by atoms with E-state index >= 15 is 0 Å². The van der Waals surface area contributed by atoms with E-state index in [0.717, 1.165) is 12.1 Å². The van der Waals surface area contributed by atoms with Crippen LogP contribution in [-0.2, 0) is 21.1 Å². The Morgan fingerprint density at radius 1 is 1.22 bits per heavy atom. The predicted octanol–water partition coefficient (Wildman–Crippen LogP) is 3.80. The van der Waals surface area contributed by atoms with Crippen LogP contribution in [0.15, 0.2) is 42.6 Å². The molecule has 3 rings (SSSR count). The molecule has 8 heteroatoms. The highest BCUT2D eigenvalue weighted by Crippen LogP contribution is 2.39. The summed E-state index contributed by atoms with van der Waals surface area (Å²) in [6.07, 6.45) is -2.44. The second-order valence-electron chi connectivity index (χ2n) is 6.32. The van der Waals surface area contributed by atoms with E-state index in [1.54, 1.807) is 18.2 Å². The van der Waals surface area contributed by atoms with Gasteiger partial charge in [0, 0.05) is 19.3 Å². The van der Waals surface area contributed by atoms with Crippen LogP contribution in [0.2, 0.25) is 0 Å². The van der Waals surface area contributed by atoms with Gasteiger partial charge in [0.2, 0.25) is 11.8 Å². The monoisotopic (exact) mass is 380 g/mol. The summed E-state index contributed by atoms with van der Waals surface area (Å²) in [6.45, 7) is 0.592. The van der Waals surface area contributed by atoms with Crippen molar-refractivity contribution in [2.75, 3.05) is 25.6 Å². The Kier molecular flexibility index (Phi) is 5.36. The van der Waals surface area contributed by atoms with Gasteiger partial charge >= 0.3 is 6.18 Å². The number of aromatic nitrogens is 1. The third-order valence-corrected chi connectivity index (χ3v) is 4.73. The van der Waals surface area contributed by atoms with Crippen LogP contribution in [0.25, 0.3) is 0 Å². The highest BCUT2D eigenvalue weighted by atomic mass is 19.4. The quantitative estimate of drug-likeness (QED) is 0.877. The minimum atomic E-state index is -4.47. The fraction of sp³-hybridized carbons (Fsp3) is 0.368. The number of nitrogens with zero attached hydrogens (tertiary/aromatic N) is 1. The van der Waals surface area contributed by atoms with Crippen LogP contribution >= 0.6 is 0 Å². The van der Waals surface area contributed by atoms with Crippen LogP contribution in [-0.4, -0.2) is 31.2 Å². The van der Waals surface area contributed by atoms with Crippen molar-refractivity contribution in [2.45, 2.75) is 24.4 Å². The Morgan fingerprint density at radius 3 is 2.56 bits per heavy atom. The van der Waals surface area contributed by atoms with E-state index in [0.29, 0.717) is 43.2 Å². The summed E-state index contributed by atoms with van der Waals surface area (Å²) in [5.41, 5.74) is -1.09. The summed E-state index contributed by atoms with van der Waals surface area (Å²) in [6, 6.07) is 8.17. The van der Waals surface area contributed by atoms with Crippen LogP contribution < -0.4 is 10.1 Å². The summed E-state index contributed by atoms with van der Waals surface area (Å²) in [4.78, 5) is 17.1. The van der Waals surface area contributed by atoms with Gasteiger partial charge in [-0.05, 0) is 30.5 Å². The number of carbonyl (C=O) groups excluding carboxylic acids is 1. The van der Waals surface area contributed by atoms with Crippen molar-refractivity contribution >= 4 is 11.6 Å². The Hall–Kier alpha value is -2.61. The molecule has 0 aliphatic carbocycles. The number of hydrogen-bond donors (Lipinski definition) is 1. The molecule has 1 fully saturated rings. The van der Waals surface area contributed by atoms with E-state index in [-0.39, 0.29) is 5.91 Å². The minimum absolute atomic E-state index is 0.295. The van der Waals surface area contributed by atoms with Gasteiger partial charge in [-0.1, -0.05) is 18.2 Å². The Morgan fingerprint density at radius 2 is 1.96 bits per heavy atom. The molecule has 2 aromatic rings. The number of anilines is 1. The van der Waals surface area contributed by atoms with Crippen molar-refractivity contribution in [1.29, 1.82) is 0 Å². The fourth-order valence-electron chi connectivity index (χ4n) is 3.19. The molecule has 1 aromatic heterocycles. The predicted molar refractivity (Wildman–Crippen MR) is 92.6 cm³/mol. The van der Waals surface area contributed by atoms with Crippen LogP contribution in [0.3, 0.4) is 0 Å². The Bertz CT molecular complexity index is 801. The largest absolute Gasteiger partial charge is 0.481 e. The lowest BCUT2D eigenvalue weighted by atomic mass is 9.73. The lowest BCUT2D eigenvalue weighted by Gasteiger charge is -2.36. The van der Waals surface area contributed by atoms with E-state index < -0.39 is 17.2 Å². The van der Waals surface area contributed by atoms with Crippen molar-refractivity contribution in [1.82, 2.24) is 4.98 Å². The molecule has 0 radical (unpaired) electrons. The molecule has 0 spiro atoms. The van der Waals surface area contributed by atoms with Gasteiger partial charge < -0.3 is 14.8 Å². The van der Waals surface area contributed by atoms with Crippen molar-refractivity contribution in [2.24, 2.45) is 0 Å². The van der Waals surface area contributed by atoms with Crippen LogP contribution in [0.5, 0.6) is 5.88 Å². The number of amides is 1. The van der Waals surface area contributed by atoms with Gasteiger partial charge in [0.1, 0.15) is 0 Å². The summed E-state index contributed by atoms with van der Waals surface area (Å²) in [5, 5.41) is 2.77. The first kappa shape index (κ1) is 19.2. The third kappa shape index (κ3) is 4.05. The maximum absolute atomic E-state index is 13.1. The van der Waals surface area contributed by atoms with Crippen LogP contribution in [0.1, 0.15) is 24.0 Å². The van der Waals surface area contributed by atoms with Gasteiger partial charge in [-0.25, -0.2) is 4.98 Å². The van der Waals surface area contributed by atoms with E-state index in [4.69, 9.17) is 9.47 Å². The molecule has 5 nitrogen and oxygen atoms in total. The lowest BCUT2D eigenvalue weighted by Crippen LogP contribution is -2.45. The average Bonchev–Trinajstić information content (AvgIpc) is 2.68. The van der Waals surface area contributed by atoms with E-state index in [1.807, 2.05) is 0 Å².